The molecule has 2 nitrogen and oxygen atoms in total. The molecule has 15 heavy (non-hydrogen) atoms. The van der Waals surface area contributed by atoms with Crippen LogP contribution in [0, 0.1) is 11.2 Å². The van der Waals surface area contributed by atoms with Gasteiger partial charge in [-0.1, -0.05) is 38.4 Å². The zero-order valence-corrected chi connectivity index (χ0v) is 9.90. The van der Waals surface area contributed by atoms with Crippen molar-refractivity contribution in [3.8, 4) is 0 Å². The first-order chi connectivity index (χ1) is 6.86. The van der Waals surface area contributed by atoms with Crippen LogP contribution in [0.5, 0.6) is 0 Å². The predicted molar refractivity (Wildman–Crippen MR) is 60.9 cm³/mol. The topological polar surface area (TPSA) is 38.0 Å². The maximum absolute atomic E-state index is 13.3. The van der Waals surface area contributed by atoms with E-state index in [0.29, 0.717) is 0 Å². The number of hydrogen-bond donors (Lipinski definition) is 2. The van der Waals surface area contributed by atoms with E-state index in [1.165, 1.54) is 6.07 Å². The molecule has 4 heteroatoms. The number of hydrazine groups is 1. The van der Waals surface area contributed by atoms with Gasteiger partial charge in [-0.25, -0.2) is 4.39 Å². The van der Waals surface area contributed by atoms with Gasteiger partial charge in [0.2, 0.25) is 0 Å². The Morgan fingerprint density at radius 1 is 1.40 bits per heavy atom. The van der Waals surface area contributed by atoms with E-state index in [0.717, 1.165) is 5.56 Å². The molecule has 1 atom stereocenters. The fourth-order valence-corrected chi connectivity index (χ4v) is 1.66. The molecule has 0 aliphatic rings. The molecule has 0 saturated carbocycles. The average molecular weight is 231 g/mol. The van der Waals surface area contributed by atoms with Crippen LogP contribution in [0.15, 0.2) is 18.2 Å². The van der Waals surface area contributed by atoms with Crippen molar-refractivity contribution in [2.45, 2.75) is 26.8 Å². The van der Waals surface area contributed by atoms with Crippen LogP contribution in [0.4, 0.5) is 4.39 Å². The van der Waals surface area contributed by atoms with Crippen LogP contribution in [0.3, 0.4) is 0 Å². The molecule has 1 aromatic carbocycles. The van der Waals surface area contributed by atoms with Gasteiger partial charge < -0.3 is 0 Å². The minimum atomic E-state index is -0.418. The van der Waals surface area contributed by atoms with Crippen molar-refractivity contribution >= 4 is 11.6 Å². The Kier molecular flexibility index (Phi) is 3.71. The monoisotopic (exact) mass is 230 g/mol. The number of nitrogens with one attached hydrogen (secondary N) is 1. The van der Waals surface area contributed by atoms with Crippen molar-refractivity contribution in [3.63, 3.8) is 0 Å². The minimum absolute atomic E-state index is 0.0883. The van der Waals surface area contributed by atoms with Crippen LogP contribution < -0.4 is 11.3 Å². The summed E-state index contributed by atoms with van der Waals surface area (Å²) in [7, 11) is 0. The van der Waals surface area contributed by atoms with Crippen LogP contribution in [0.2, 0.25) is 5.02 Å². The molecule has 0 spiro atoms. The fraction of sp³-hybridized carbons (Fsp3) is 0.455. The van der Waals surface area contributed by atoms with Crippen molar-refractivity contribution in [1.29, 1.82) is 0 Å². The summed E-state index contributed by atoms with van der Waals surface area (Å²) in [6.07, 6.45) is 0. The molecule has 1 rings (SSSR count). The van der Waals surface area contributed by atoms with Crippen LogP contribution in [0.1, 0.15) is 32.4 Å². The molecular formula is C11H16ClFN2. The molecule has 0 amide bonds. The lowest BCUT2D eigenvalue weighted by Crippen LogP contribution is -2.36. The predicted octanol–water partition coefficient (Wildman–Crippen LogP) is 3.03. The molecule has 0 aliphatic carbocycles. The average Bonchev–Trinajstić information content (AvgIpc) is 2.10. The number of halogens is 2. The number of hydrogen-bond acceptors (Lipinski definition) is 2. The summed E-state index contributed by atoms with van der Waals surface area (Å²) in [5, 5.41) is 0.128. The number of benzene rings is 1. The van der Waals surface area contributed by atoms with Gasteiger partial charge in [-0.2, -0.15) is 0 Å². The van der Waals surface area contributed by atoms with Crippen molar-refractivity contribution in [1.82, 2.24) is 5.43 Å². The van der Waals surface area contributed by atoms with Gasteiger partial charge in [-0.3, -0.25) is 11.3 Å². The summed E-state index contributed by atoms with van der Waals surface area (Å²) in [5.41, 5.74) is 3.41. The van der Waals surface area contributed by atoms with E-state index in [1.54, 1.807) is 12.1 Å². The normalized spacial score (nSPS) is 14.0. The summed E-state index contributed by atoms with van der Waals surface area (Å²) in [4.78, 5) is 0. The lowest BCUT2D eigenvalue weighted by atomic mass is 9.83. The van der Waals surface area contributed by atoms with Gasteiger partial charge in [0.25, 0.3) is 0 Å². The molecular weight excluding hydrogens is 215 g/mol. The van der Waals surface area contributed by atoms with Crippen molar-refractivity contribution in [2.75, 3.05) is 0 Å². The van der Waals surface area contributed by atoms with E-state index < -0.39 is 5.82 Å². The standard InChI is InChI=1S/C11H16ClFN2/c1-11(2,3)10(15-14)7-4-5-8(12)9(13)6-7/h4-6,10,15H,14H2,1-3H3. The molecule has 0 aromatic heterocycles. The van der Waals surface area contributed by atoms with Crippen LogP contribution in [0.25, 0.3) is 0 Å². The highest BCUT2D eigenvalue weighted by molar-refractivity contribution is 6.30. The largest absolute Gasteiger partial charge is 0.271 e. The Morgan fingerprint density at radius 3 is 2.40 bits per heavy atom. The maximum atomic E-state index is 13.3. The lowest BCUT2D eigenvalue weighted by molar-refractivity contribution is 0.275. The second kappa shape index (κ2) is 4.47. The quantitative estimate of drug-likeness (QED) is 0.606. The molecule has 84 valence electrons. The fourth-order valence-electron chi connectivity index (χ4n) is 1.54. The van der Waals surface area contributed by atoms with Gasteiger partial charge >= 0.3 is 0 Å². The van der Waals surface area contributed by atoms with E-state index in [4.69, 9.17) is 17.4 Å². The Labute approximate surface area is 94.6 Å². The SMILES string of the molecule is CC(C)(C)C(NN)c1ccc(Cl)c(F)c1. The molecule has 0 aliphatic heterocycles. The van der Waals surface area contributed by atoms with Crippen molar-refractivity contribution in [3.05, 3.63) is 34.6 Å². The summed E-state index contributed by atoms with van der Waals surface area (Å²) in [5.74, 6) is 5.06. The summed E-state index contributed by atoms with van der Waals surface area (Å²) in [6, 6.07) is 4.63. The molecule has 0 radical (unpaired) electrons. The summed E-state index contributed by atoms with van der Waals surface area (Å²) in [6.45, 7) is 6.10. The zero-order chi connectivity index (χ0) is 11.6. The van der Waals surface area contributed by atoms with E-state index >= 15 is 0 Å². The lowest BCUT2D eigenvalue weighted by Gasteiger charge is -2.30. The molecule has 0 heterocycles. The van der Waals surface area contributed by atoms with E-state index in [9.17, 15) is 4.39 Å². The molecule has 1 unspecified atom stereocenters. The Balaban J connectivity index is 3.08. The highest BCUT2D eigenvalue weighted by Gasteiger charge is 2.25. The highest BCUT2D eigenvalue weighted by Crippen LogP contribution is 2.33. The van der Waals surface area contributed by atoms with E-state index in [2.05, 4.69) is 5.43 Å². The number of nitrogens with two attached hydrogens (primary N) is 1. The smallest absolute Gasteiger partial charge is 0.142 e. The van der Waals surface area contributed by atoms with Crippen LogP contribution >= 0.6 is 11.6 Å². The second-order valence-corrected chi connectivity index (χ2v) is 5.05. The third-order valence-corrected chi connectivity index (χ3v) is 2.62. The Hall–Kier alpha value is -0.640. The van der Waals surface area contributed by atoms with Gasteiger partial charge in [-0.15, -0.1) is 0 Å². The first-order valence-electron chi connectivity index (χ1n) is 4.77. The molecule has 0 saturated heterocycles. The first-order valence-corrected chi connectivity index (χ1v) is 5.15. The molecule has 3 N–H and O–H groups in total. The van der Waals surface area contributed by atoms with E-state index in [1.807, 2.05) is 20.8 Å². The summed E-state index contributed by atoms with van der Waals surface area (Å²) < 4.78 is 13.3. The van der Waals surface area contributed by atoms with Crippen LogP contribution in [-0.2, 0) is 0 Å². The Bertz CT molecular complexity index is 347. The van der Waals surface area contributed by atoms with Gasteiger partial charge in [0.1, 0.15) is 5.82 Å². The molecule has 0 bridgehead atoms. The highest BCUT2D eigenvalue weighted by atomic mass is 35.5. The number of rotatable bonds is 2. The Morgan fingerprint density at radius 2 is 2.00 bits per heavy atom. The molecule has 1 aromatic rings. The maximum Gasteiger partial charge on any atom is 0.142 e. The van der Waals surface area contributed by atoms with E-state index in [-0.39, 0.29) is 16.5 Å². The van der Waals surface area contributed by atoms with Gasteiger partial charge in [0.05, 0.1) is 11.1 Å². The van der Waals surface area contributed by atoms with Gasteiger partial charge in [-0.05, 0) is 23.1 Å². The van der Waals surface area contributed by atoms with Gasteiger partial charge in [0, 0.05) is 0 Å². The third kappa shape index (κ3) is 2.91. The van der Waals surface area contributed by atoms with Crippen LogP contribution in [-0.4, -0.2) is 0 Å². The summed E-state index contributed by atoms with van der Waals surface area (Å²) >= 11 is 5.62. The second-order valence-electron chi connectivity index (χ2n) is 4.64. The third-order valence-electron chi connectivity index (χ3n) is 2.31. The van der Waals surface area contributed by atoms with Crippen molar-refractivity contribution < 1.29 is 4.39 Å². The molecule has 0 fully saturated rings. The first kappa shape index (κ1) is 12.4. The zero-order valence-electron chi connectivity index (χ0n) is 9.14. The van der Waals surface area contributed by atoms with Gasteiger partial charge in [0.15, 0.2) is 0 Å². The minimum Gasteiger partial charge on any atom is -0.271 e. The van der Waals surface area contributed by atoms with Crippen molar-refractivity contribution in [2.24, 2.45) is 11.3 Å².